The van der Waals surface area contributed by atoms with E-state index < -0.39 is 27.7 Å². The lowest BCUT2D eigenvalue weighted by molar-refractivity contribution is 0.0730. The van der Waals surface area contributed by atoms with Crippen LogP contribution in [0.4, 0.5) is 5.69 Å². The van der Waals surface area contributed by atoms with Crippen molar-refractivity contribution in [2.75, 3.05) is 50.1 Å². The van der Waals surface area contributed by atoms with Crippen LogP contribution in [0.1, 0.15) is 38.0 Å². The molecule has 10 nitrogen and oxygen atoms in total. The number of nitrogens with zero attached hydrogens (tertiary/aromatic N) is 2. The van der Waals surface area contributed by atoms with E-state index in [9.17, 15) is 22.8 Å². The highest BCUT2D eigenvalue weighted by Gasteiger charge is 2.37. The van der Waals surface area contributed by atoms with E-state index in [4.69, 9.17) is 9.47 Å². The van der Waals surface area contributed by atoms with Gasteiger partial charge in [-0.05, 0) is 49.4 Å². The predicted octanol–water partition coefficient (Wildman–Crippen LogP) is 1.28. The second kappa shape index (κ2) is 9.92. The number of carbonyl (C=O) groups is 3. The van der Waals surface area contributed by atoms with E-state index >= 15 is 0 Å². The van der Waals surface area contributed by atoms with E-state index in [-0.39, 0.29) is 29.0 Å². The SMILES string of the molecule is CCOc1ccc(N2C(=O)c3ccc(C(=O)NCCS(=O)(=O)N4CCOCC4)cc3C2=O)cc1. The van der Waals surface area contributed by atoms with E-state index in [1.165, 1.54) is 22.5 Å². The standard InChI is InChI=1S/C23H25N3O7S/c1-2-33-18-6-4-17(5-7-18)26-22(28)19-8-3-16(15-20(19)23(26)29)21(27)24-9-14-34(30,31)25-10-12-32-13-11-25/h3-8,15H,2,9-14H2,1H3,(H,24,27). The van der Waals surface area contributed by atoms with Crippen molar-refractivity contribution in [2.45, 2.75) is 6.92 Å². The first-order valence-corrected chi connectivity index (χ1v) is 12.5. The third-order valence-corrected chi connectivity index (χ3v) is 7.44. The molecule has 2 aromatic rings. The molecule has 0 aliphatic carbocycles. The Morgan fingerprint density at radius 1 is 1.03 bits per heavy atom. The molecule has 0 spiro atoms. The maximum absolute atomic E-state index is 13.0. The number of ether oxygens (including phenoxy) is 2. The Morgan fingerprint density at radius 2 is 1.71 bits per heavy atom. The van der Waals surface area contributed by atoms with E-state index in [0.29, 0.717) is 44.3 Å². The molecule has 0 aromatic heterocycles. The molecule has 2 aromatic carbocycles. The van der Waals surface area contributed by atoms with Crippen molar-refractivity contribution in [3.63, 3.8) is 0 Å². The molecule has 0 unspecified atom stereocenters. The van der Waals surface area contributed by atoms with Crippen LogP contribution in [0.3, 0.4) is 0 Å². The van der Waals surface area contributed by atoms with Gasteiger partial charge < -0.3 is 14.8 Å². The molecule has 34 heavy (non-hydrogen) atoms. The molecule has 0 bridgehead atoms. The fourth-order valence-electron chi connectivity index (χ4n) is 3.82. The zero-order valence-corrected chi connectivity index (χ0v) is 19.5. The van der Waals surface area contributed by atoms with Crippen LogP contribution in [0.2, 0.25) is 0 Å². The topological polar surface area (TPSA) is 122 Å². The summed E-state index contributed by atoms with van der Waals surface area (Å²) in [6.45, 7) is 3.55. The Bertz CT molecular complexity index is 1210. The molecule has 1 saturated heterocycles. The average Bonchev–Trinajstić information content (AvgIpc) is 3.09. The molecule has 180 valence electrons. The van der Waals surface area contributed by atoms with Gasteiger partial charge in [-0.1, -0.05) is 0 Å². The van der Waals surface area contributed by atoms with Crippen molar-refractivity contribution >= 4 is 33.4 Å². The van der Waals surface area contributed by atoms with Crippen molar-refractivity contribution in [2.24, 2.45) is 0 Å². The summed E-state index contributed by atoms with van der Waals surface area (Å²) in [5.74, 6) is -1.16. The summed E-state index contributed by atoms with van der Waals surface area (Å²) in [7, 11) is -3.51. The number of sulfonamides is 1. The van der Waals surface area contributed by atoms with E-state index in [2.05, 4.69) is 5.32 Å². The lowest BCUT2D eigenvalue weighted by Crippen LogP contribution is -2.43. The van der Waals surface area contributed by atoms with E-state index in [1.807, 2.05) is 6.92 Å². The van der Waals surface area contributed by atoms with Crippen LogP contribution in [-0.4, -0.2) is 75.7 Å². The van der Waals surface area contributed by atoms with Crippen LogP contribution >= 0.6 is 0 Å². The fraction of sp³-hybridized carbons (Fsp3) is 0.348. The summed E-state index contributed by atoms with van der Waals surface area (Å²) in [5, 5.41) is 2.57. The van der Waals surface area contributed by atoms with Crippen LogP contribution in [0, 0.1) is 0 Å². The smallest absolute Gasteiger partial charge is 0.266 e. The number of nitrogens with one attached hydrogen (secondary N) is 1. The number of morpholine rings is 1. The van der Waals surface area contributed by atoms with E-state index in [1.54, 1.807) is 24.3 Å². The highest BCUT2D eigenvalue weighted by molar-refractivity contribution is 7.89. The molecular weight excluding hydrogens is 462 g/mol. The van der Waals surface area contributed by atoms with Crippen molar-refractivity contribution in [3.05, 3.63) is 59.2 Å². The second-order valence-corrected chi connectivity index (χ2v) is 9.80. The van der Waals surface area contributed by atoms with Gasteiger partial charge in [0.15, 0.2) is 0 Å². The minimum absolute atomic E-state index is 0.0825. The molecule has 1 N–H and O–H groups in total. The first kappa shape index (κ1) is 23.9. The normalized spacial score (nSPS) is 16.4. The van der Waals surface area contributed by atoms with Crippen LogP contribution in [-0.2, 0) is 14.8 Å². The van der Waals surface area contributed by atoms with Gasteiger partial charge in [0.25, 0.3) is 17.7 Å². The molecule has 0 atom stereocenters. The molecule has 4 rings (SSSR count). The lowest BCUT2D eigenvalue weighted by atomic mass is 10.1. The Balaban J connectivity index is 1.42. The van der Waals surface area contributed by atoms with Gasteiger partial charge in [0, 0.05) is 25.2 Å². The van der Waals surface area contributed by atoms with Crippen molar-refractivity contribution in [1.29, 1.82) is 0 Å². The quantitative estimate of drug-likeness (QED) is 0.557. The molecule has 2 heterocycles. The van der Waals surface area contributed by atoms with Gasteiger partial charge in [0.2, 0.25) is 10.0 Å². The van der Waals surface area contributed by atoms with Gasteiger partial charge in [-0.2, -0.15) is 4.31 Å². The van der Waals surface area contributed by atoms with Crippen molar-refractivity contribution in [3.8, 4) is 5.75 Å². The van der Waals surface area contributed by atoms with Crippen LogP contribution in [0.25, 0.3) is 0 Å². The van der Waals surface area contributed by atoms with Gasteiger partial charge in [0.1, 0.15) is 5.75 Å². The molecular formula is C23H25N3O7S. The molecule has 11 heteroatoms. The minimum atomic E-state index is -3.51. The summed E-state index contributed by atoms with van der Waals surface area (Å²) >= 11 is 0. The maximum Gasteiger partial charge on any atom is 0.266 e. The fourth-order valence-corrected chi connectivity index (χ4v) is 5.15. The van der Waals surface area contributed by atoms with Crippen molar-refractivity contribution < 1.29 is 32.3 Å². The third kappa shape index (κ3) is 4.81. The van der Waals surface area contributed by atoms with Crippen molar-refractivity contribution in [1.82, 2.24) is 9.62 Å². The number of imide groups is 1. The predicted molar refractivity (Wildman–Crippen MR) is 124 cm³/mol. The highest BCUT2D eigenvalue weighted by atomic mass is 32.2. The molecule has 0 radical (unpaired) electrons. The highest BCUT2D eigenvalue weighted by Crippen LogP contribution is 2.30. The third-order valence-electron chi connectivity index (χ3n) is 5.56. The monoisotopic (exact) mass is 487 g/mol. The molecule has 2 aliphatic rings. The zero-order chi connectivity index (χ0) is 24.3. The second-order valence-electron chi connectivity index (χ2n) is 7.72. The molecule has 1 fully saturated rings. The minimum Gasteiger partial charge on any atom is -0.494 e. The van der Waals surface area contributed by atoms with Crippen LogP contribution < -0.4 is 15.0 Å². The molecule has 2 aliphatic heterocycles. The van der Waals surface area contributed by atoms with Gasteiger partial charge in [-0.15, -0.1) is 0 Å². The van der Waals surface area contributed by atoms with Gasteiger partial charge in [0.05, 0.1) is 42.4 Å². The number of anilines is 1. The largest absolute Gasteiger partial charge is 0.494 e. The summed E-state index contributed by atoms with van der Waals surface area (Å²) in [4.78, 5) is 39.4. The number of hydrogen-bond donors (Lipinski definition) is 1. The molecule has 0 saturated carbocycles. The van der Waals surface area contributed by atoms with Gasteiger partial charge in [-0.3, -0.25) is 14.4 Å². The first-order chi connectivity index (χ1) is 16.3. The number of fused-ring (bicyclic) bond motifs is 1. The summed E-state index contributed by atoms with van der Waals surface area (Å²) in [6.07, 6.45) is 0. The summed E-state index contributed by atoms with van der Waals surface area (Å²) in [6, 6.07) is 10.8. The number of benzene rings is 2. The number of amides is 3. The Kier molecular flexibility index (Phi) is 6.96. The lowest BCUT2D eigenvalue weighted by Gasteiger charge is -2.26. The first-order valence-electron chi connectivity index (χ1n) is 10.9. The van der Waals surface area contributed by atoms with Gasteiger partial charge in [-0.25, -0.2) is 13.3 Å². The van der Waals surface area contributed by atoms with E-state index in [0.717, 1.165) is 4.90 Å². The zero-order valence-electron chi connectivity index (χ0n) is 18.7. The maximum atomic E-state index is 13.0. The van der Waals surface area contributed by atoms with Gasteiger partial charge >= 0.3 is 0 Å². The summed E-state index contributed by atoms with van der Waals surface area (Å²) < 4.78 is 36.7. The summed E-state index contributed by atoms with van der Waals surface area (Å²) in [5.41, 5.74) is 0.879. The number of hydrogen-bond acceptors (Lipinski definition) is 7. The molecule has 3 amide bonds. The van der Waals surface area contributed by atoms with Crippen LogP contribution in [0.15, 0.2) is 42.5 Å². The average molecular weight is 488 g/mol. The Hall–Kier alpha value is -3.28. The van der Waals surface area contributed by atoms with Crippen LogP contribution in [0.5, 0.6) is 5.75 Å². The Labute approximate surface area is 197 Å². The number of carbonyl (C=O) groups excluding carboxylic acids is 3. The Morgan fingerprint density at radius 3 is 2.38 bits per heavy atom. The number of rotatable bonds is 8.